The summed E-state index contributed by atoms with van der Waals surface area (Å²) in [5.74, 6) is -0.343. The highest BCUT2D eigenvalue weighted by molar-refractivity contribution is 14.1. The number of aryl methyl sites for hydroxylation is 1. The van der Waals surface area contributed by atoms with E-state index in [4.69, 9.17) is 0 Å². The van der Waals surface area contributed by atoms with Crippen molar-refractivity contribution < 1.29 is 4.79 Å². The number of carbonyl (C=O) groups excluding carboxylic acids is 1. The van der Waals surface area contributed by atoms with Gasteiger partial charge in [-0.3, -0.25) is 9.59 Å². The Hall–Kier alpha value is -1.11. The lowest BCUT2D eigenvalue weighted by atomic mass is 10.2. The lowest BCUT2D eigenvalue weighted by Gasteiger charge is -2.05. The van der Waals surface area contributed by atoms with E-state index in [9.17, 15) is 9.59 Å². The molecule has 1 amide bonds. The Kier molecular flexibility index (Phi) is 5.40. The number of pyridine rings is 1. The van der Waals surface area contributed by atoms with E-state index in [-0.39, 0.29) is 17.0 Å². The van der Waals surface area contributed by atoms with Crippen LogP contribution in [0.2, 0.25) is 0 Å². The molecule has 5 heteroatoms. The molecule has 0 spiro atoms. The molecular formula is C12H15IN2O2. The molecule has 1 rings (SSSR count). The average molecular weight is 346 g/mol. The van der Waals surface area contributed by atoms with E-state index in [1.807, 2.05) is 26.0 Å². The fourth-order valence-electron chi connectivity index (χ4n) is 1.33. The maximum Gasteiger partial charge on any atom is 0.261 e. The van der Waals surface area contributed by atoms with E-state index in [1.165, 1.54) is 0 Å². The number of nitrogens with one attached hydrogen (secondary N) is 2. The molecular weight excluding hydrogens is 331 g/mol. The highest BCUT2D eigenvalue weighted by Crippen LogP contribution is 2.09. The predicted molar refractivity (Wildman–Crippen MR) is 76.3 cm³/mol. The summed E-state index contributed by atoms with van der Waals surface area (Å²) in [5, 5.41) is 2.66. The van der Waals surface area contributed by atoms with Crippen LogP contribution in [0.3, 0.4) is 0 Å². The molecule has 0 aromatic carbocycles. The molecule has 1 aromatic rings. The van der Waals surface area contributed by atoms with Crippen LogP contribution in [-0.4, -0.2) is 17.4 Å². The van der Waals surface area contributed by atoms with E-state index in [0.717, 1.165) is 15.7 Å². The molecule has 0 aliphatic heterocycles. The number of halogens is 1. The third-order valence-electron chi connectivity index (χ3n) is 2.28. The second-order valence-electron chi connectivity index (χ2n) is 3.47. The van der Waals surface area contributed by atoms with Gasteiger partial charge in [0.25, 0.3) is 11.5 Å². The fourth-order valence-corrected chi connectivity index (χ4v) is 2.16. The topological polar surface area (TPSA) is 62.0 Å². The van der Waals surface area contributed by atoms with Gasteiger partial charge in [0, 0.05) is 15.8 Å². The summed E-state index contributed by atoms with van der Waals surface area (Å²) in [6.07, 6.45) is 4.40. The van der Waals surface area contributed by atoms with Crippen molar-refractivity contribution in [3.63, 3.8) is 0 Å². The zero-order chi connectivity index (χ0) is 12.8. The molecule has 0 aliphatic carbocycles. The van der Waals surface area contributed by atoms with Crippen molar-refractivity contribution in [1.29, 1.82) is 0 Å². The lowest BCUT2D eigenvalue weighted by Crippen LogP contribution is -2.30. The molecule has 0 bridgehead atoms. The number of amides is 1. The summed E-state index contributed by atoms with van der Waals surface area (Å²) >= 11 is 2.12. The minimum Gasteiger partial charge on any atom is -0.348 e. The lowest BCUT2D eigenvalue weighted by molar-refractivity contribution is 0.0956. The first-order chi connectivity index (χ1) is 8.10. The largest absolute Gasteiger partial charge is 0.348 e. The molecule has 4 nitrogen and oxygen atoms in total. The standard InChI is InChI=1S/C12H15IN2O2/c1-3-5-6-14-11(16)8-7-9(13)10(4-2)15-12(8)17/h3,5,7H,4,6H2,1-2H3,(H,14,16)(H,15,17)/b5-3+. The summed E-state index contributed by atoms with van der Waals surface area (Å²) in [5.41, 5.74) is 0.692. The van der Waals surface area contributed by atoms with Gasteiger partial charge in [-0.1, -0.05) is 19.1 Å². The number of hydrogen-bond donors (Lipinski definition) is 2. The molecule has 0 fully saturated rings. The van der Waals surface area contributed by atoms with Crippen LogP contribution in [0.1, 0.15) is 29.9 Å². The normalized spacial score (nSPS) is 10.8. The SMILES string of the molecule is C/C=C/CNC(=O)c1cc(I)c(CC)[nH]c1=O. The van der Waals surface area contributed by atoms with Gasteiger partial charge < -0.3 is 10.3 Å². The Bertz CT molecular complexity index is 492. The van der Waals surface area contributed by atoms with Gasteiger partial charge in [0.05, 0.1) is 0 Å². The van der Waals surface area contributed by atoms with E-state index in [2.05, 4.69) is 32.9 Å². The molecule has 0 radical (unpaired) electrons. The quantitative estimate of drug-likeness (QED) is 0.646. The summed E-state index contributed by atoms with van der Waals surface area (Å²) in [4.78, 5) is 26.1. The Morgan fingerprint density at radius 3 is 2.88 bits per heavy atom. The number of aromatic amines is 1. The second-order valence-corrected chi connectivity index (χ2v) is 4.63. The van der Waals surface area contributed by atoms with E-state index in [1.54, 1.807) is 6.07 Å². The highest BCUT2D eigenvalue weighted by atomic mass is 127. The Morgan fingerprint density at radius 2 is 2.29 bits per heavy atom. The average Bonchev–Trinajstić information content (AvgIpc) is 2.31. The fraction of sp³-hybridized carbons (Fsp3) is 0.333. The van der Waals surface area contributed by atoms with Gasteiger partial charge in [-0.25, -0.2) is 0 Å². The van der Waals surface area contributed by atoms with E-state index < -0.39 is 0 Å². The highest BCUT2D eigenvalue weighted by Gasteiger charge is 2.12. The van der Waals surface area contributed by atoms with Crippen molar-refractivity contribution in [3.8, 4) is 0 Å². The van der Waals surface area contributed by atoms with Crippen molar-refractivity contribution in [3.05, 3.63) is 43.4 Å². The first-order valence-electron chi connectivity index (χ1n) is 5.41. The second kappa shape index (κ2) is 6.58. The van der Waals surface area contributed by atoms with Gasteiger partial charge in [0.15, 0.2) is 0 Å². The molecule has 0 saturated heterocycles. The minimum absolute atomic E-state index is 0.163. The number of carbonyl (C=O) groups is 1. The number of H-pyrrole nitrogens is 1. The molecule has 17 heavy (non-hydrogen) atoms. The van der Waals surface area contributed by atoms with Crippen LogP contribution in [0.5, 0.6) is 0 Å². The smallest absolute Gasteiger partial charge is 0.261 e. The van der Waals surface area contributed by atoms with Crippen molar-refractivity contribution in [2.24, 2.45) is 0 Å². The Morgan fingerprint density at radius 1 is 1.59 bits per heavy atom. The third kappa shape index (κ3) is 3.69. The number of aromatic nitrogens is 1. The number of allylic oxidation sites excluding steroid dienone is 1. The van der Waals surface area contributed by atoms with Gasteiger partial charge in [0.2, 0.25) is 0 Å². The van der Waals surface area contributed by atoms with Crippen LogP contribution >= 0.6 is 22.6 Å². The predicted octanol–water partition coefficient (Wildman–Crippen LogP) is 1.85. The summed E-state index contributed by atoms with van der Waals surface area (Å²) in [7, 11) is 0. The molecule has 0 unspecified atom stereocenters. The van der Waals surface area contributed by atoms with Crippen LogP contribution in [-0.2, 0) is 6.42 Å². The molecule has 2 N–H and O–H groups in total. The van der Waals surface area contributed by atoms with Crippen LogP contribution in [0.25, 0.3) is 0 Å². The van der Waals surface area contributed by atoms with Crippen LogP contribution in [0.15, 0.2) is 23.0 Å². The minimum atomic E-state index is -0.343. The van der Waals surface area contributed by atoms with Crippen molar-refractivity contribution >= 4 is 28.5 Å². The molecule has 0 saturated carbocycles. The molecule has 0 aliphatic rings. The zero-order valence-corrected chi connectivity index (χ0v) is 12.0. The van der Waals surface area contributed by atoms with Crippen molar-refractivity contribution in [2.45, 2.75) is 20.3 Å². The number of rotatable bonds is 4. The van der Waals surface area contributed by atoms with Crippen molar-refractivity contribution in [1.82, 2.24) is 10.3 Å². The molecule has 92 valence electrons. The van der Waals surface area contributed by atoms with E-state index >= 15 is 0 Å². The first kappa shape index (κ1) is 14.0. The Labute approximate surface area is 114 Å². The van der Waals surface area contributed by atoms with Crippen LogP contribution < -0.4 is 10.9 Å². The maximum absolute atomic E-state index is 11.7. The number of hydrogen-bond acceptors (Lipinski definition) is 2. The molecule has 0 atom stereocenters. The first-order valence-corrected chi connectivity index (χ1v) is 6.49. The maximum atomic E-state index is 11.7. The third-order valence-corrected chi connectivity index (χ3v) is 3.25. The van der Waals surface area contributed by atoms with Gasteiger partial charge >= 0.3 is 0 Å². The summed E-state index contributed by atoms with van der Waals surface area (Å²) < 4.78 is 0.904. The monoisotopic (exact) mass is 346 g/mol. The van der Waals surface area contributed by atoms with E-state index in [0.29, 0.717) is 6.54 Å². The van der Waals surface area contributed by atoms with Gasteiger partial charge in [-0.2, -0.15) is 0 Å². The summed E-state index contributed by atoms with van der Waals surface area (Å²) in [6.45, 7) is 4.26. The van der Waals surface area contributed by atoms with Gasteiger partial charge in [-0.05, 0) is 42.0 Å². The molecule has 1 aromatic heterocycles. The van der Waals surface area contributed by atoms with Gasteiger partial charge in [0.1, 0.15) is 5.56 Å². The Balaban J connectivity index is 2.95. The van der Waals surface area contributed by atoms with Crippen LogP contribution in [0, 0.1) is 3.57 Å². The summed E-state index contributed by atoms with van der Waals surface area (Å²) in [6, 6.07) is 1.63. The molecule has 1 heterocycles. The zero-order valence-electron chi connectivity index (χ0n) is 9.84. The van der Waals surface area contributed by atoms with Crippen LogP contribution in [0.4, 0.5) is 0 Å². The van der Waals surface area contributed by atoms with Gasteiger partial charge in [-0.15, -0.1) is 0 Å². The van der Waals surface area contributed by atoms with Crippen molar-refractivity contribution in [2.75, 3.05) is 6.54 Å².